The Hall–Kier alpha value is 0.257. The zero-order chi connectivity index (χ0) is 20.2. The lowest BCUT2D eigenvalue weighted by Gasteiger charge is -2.34. The van der Waals surface area contributed by atoms with Crippen LogP contribution in [-0.2, 0) is 13.3 Å². The summed E-state index contributed by atoms with van der Waals surface area (Å²) in [4.78, 5) is 4.68. The van der Waals surface area contributed by atoms with Crippen molar-refractivity contribution in [3.05, 3.63) is 24.3 Å². The Balaban J connectivity index is 1.89. The van der Waals surface area contributed by atoms with Crippen LogP contribution in [0.4, 0.5) is 0 Å². The molecule has 1 aromatic heterocycles. The van der Waals surface area contributed by atoms with Gasteiger partial charge in [-0.1, -0.05) is 50.6 Å². The van der Waals surface area contributed by atoms with E-state index >= 15 is 0 Å². The molecule has 0 fully saturated rings. The van der Waals surface area contributed by atoms with Gasteiger partial charge in [0.2, 0.25) is 0 Å². The lowest BCUT2D eigenvalue weighted by atomic mass is 10.3. The topological polar surface area (TPSA) is 40.6 Å². The molecule has 0 saturated heterocycles. The predicted molar refractivity (Wildman–Crippen MR) is 129 cm³/mol. The van der Waals surface area contributed by atoms with Crippen LogP contribution in [0, 0.1) is 0 Å². The molecule has 0 saturated carbocycles. The van der Waals surface area contributed by atoms with Crippen LogP contribution in [-0.4, -0.2) is 39.4 Å². The minimum Gasteiger partial charge on any atom is -0.373 e. The average Bonchev–Trinajstić information content (AvgIpc) is 3.13. The van der Waals surface area contributed by atoms with Gasteiger partial charge < -0.3 is 13.3 Å². The number of hydrogen-bond donors (Lipinski definition) is 0. The Kier molecular flexibility index (Phi) is 11.9. The second-order valence-electron chi connectivity index (χ2n) is 6.43. The monoisotopic (exact) mass is 477 g/mol. The molecule has 0 aliphatic rings. The lowest BCUT2D eigenvalue weighted by Crippen LogP contribution is -2.50. The molecule has 28 heavy (non-hydrogen) atoms. The summed E-state index contributed by atoms with van der Waals surface area (Å²) in [5, 5.41) is 0. The van der Waals surface area contributed by atoms with Gasteiger partial charge in [0, 0.05) is 31.1 Å². The van der Waals surface area contributed by atoms with E-state index in [1.807, 2.05) is 16.9 Å². The van der Waals surface area contributed by atoms with E-state index in [4.69, 9.17) is 13.3 Å². The number of thiazole rings is 1. The number of hydrogen-bond acceptors (Lipinski definition) is 8. The smallest absolute Gasteiger partial charge is 0.373 e. The fraction of sp³-hybridized carbons (Fsp3) is 0.632. The fourth-order valence-electron chi connectivity index (χ4n) is 2.46. The third kappa shape index (κ3) is 7.50. The van der Waals surface area contributed by atoms with E-state index in [2.05, 4.69) is 50.9 Å². The number of aromatic nitrogens is 1. The maximum atomic E-state index is 6.25. The number of benzene rings is 1. The summed E-state index contributed by atoms with van der Waals surface area (Å²) in [6, 6.07) is 8.29. The van der Waals surface area contributed by atoms with Gasteiger partial charge in [-0.2, -0.15) is 0 Å². The fourth-order valence-corrected chi connectivity index (χ4v) is 11.8. The lowest BCUT2D eigenvalue weighted by molar-refractivity contribution is 0.0529. The van der Waals surface area contributed by atoms with Gasteiger partial charge in [-0.05, 0) is 52.0 Å². The van der Waals surface area contributed by atoms with Crippen LogP contribution < -0.4 is 0 Å². The van der Waals surface area contributed by atoms with E-state index in [0.717, 1.165) is 34.9 Å². The molecule has 2 aromatic rings. The third-order valence-corrected chi connectivity index (χ3v) is 12.9. The highest BCUT2D eigenvalue weighted by Gasteiger charge is 2.47. The maximum Gasteiger partial charge on any atom is 0.504 e. The van der Waals surface area contributed by atoms with Crippen molar-refractivity contribution in [2.24, 2.45) is 0 Å². The van der Waals surface area contributed by atoms with Gasteiger partial charge in [-0.3, -0.25) is 0 Å². The summed E-state index contributed by atoms with van der Waals surface area (Å²) in [5.74, 6) is 0.936. The summed E-state index contributed by atoms with van der Waals surface area (Å²) in [6.45, 7) is 10.7. The molecule has 0 aliphatic heterocycles. The first-order chi connectivity index (χ1) is 13.6. The predicted octanol–water partition coefficient (Wildman–Crippen LogP) is 7.29. The Morgan fingerprint density at radius 3 is 2.18 bits per heavy atom. The third-order valence-electron chi connectivity index (χ3n) is 3.87. The molecule has 1 unspecified atom stereocenters. The Morgan fingerprint density at radius 1 is 1.00 bits per heavy atom. The molecular weight excluding hydrogens is 447 g/mol. The molecule has 9 heteroatoms. The highest BCUT2D eigenvalue weighted by atomic mass is 33.5. The Morgan fingerprint density at radius 2 is 1.61 bits per heavy atom. The van der Waals surface area contributed by atoms with Crippen LogP contribution >= 0.6 is 42.8 Å². The molecule has 158 valence electrons. The molecule has 4 nitrogen and oxygen atoms in total. The molecule has 0 amide bonds. The van der Waals surface area contributed by atoms with Gasteiger partial charge in [0.05, 0.1) is 10.2 Å². The molecular formula is C19H31NO3S4Si. The van der Waals surface area contributed by atoms with Crippen LogP contribution in [0.2, 0.25) is 5.54 Å². The van der Waals surface area contributed by atoms with Crippen molar-refractivity contribution in [3.63, 3.8) is 0 Å². The van der Waals surface area contributed by atoms with E-state index in [1.54, 1.807) is 32.0 Å². The van der Waals surface area contributed by atoms with E-state index in [9.17, 15) is 0 Å². The van der Waals surface area contributed by atoms with Crippen molar-refractivity contribution >= 4 is 61.8 Å². The van der Waals surface area contributed by atoms with Crippen LogP contribution in [0.5, 0.6) is 0 Å². The summed E-state index contributed by atoms with van der Waals surface area (Å²) < 4.78 is 21.1. The first kappa shape index (κ1) is 24.5. The summed E-state index contributed by atoms with van der Waals surface area (Å²) >= 11 is 1.75. The SMILES string of the molecule is CCCO[Si](OCCC)(OCCC)C(C)CSSSc1nc2ccccc2s1. The molecule has 1 aromatic carbocycles. The van der Waals surface area contributed by atoms with E-state index < -0.39 is 8.80 Å². The van der Waals surface area contributed by atoms with Crippen LogP contribution in [0.25, 0.3) is 10.2 Å². The minimum absolute atomic E-state index is 0.255. The number of para-hydroxylation sites is 1. The second-order valence-corrected chi connectivity index (χ2v) is 14.9. The summed E-state index contributed by atoms with van der Waals surface area (Å²) in [5.41, 5.74) is 1.33. The van der Waals surface area contributed by atoms with Gasteiger partial charge in [-0.25, -0.2) is 4.98 Å². The molecule has 0 radical (unpaired) electrons. The number of rotatable bonds is 15. The van der Waals surface area contributed by atoms with Gasteiger partial charge in [0.15, 0.2) is 4.34 Å². The Bertz CT molecular complexity index is 633. The molecule has 0 spiro atoms. The largest absolute Gasteiger partial charge is 0.504 e. The standard InChI is InChI=1S/C19H31NO3S4Si/c1-5-12-21-28(22-13-6-2,23-14-7-3)16(4)15-24-27-26-19-20-17-10-8-9-11-18(17)25-19/h8-11,16H,5-7,12-15H2,1-4H3. The molecule has 1 heterocycles. The molecule has 0 N–H and O–H groups in total. The average molecular weight is 478 g/mol. The molecule has 1 atom stereocenters. The van der Waals surface area contributed by atoms with Gasteiger partial charge in [-0.15, -0.1) is 11.3 Å². The summed E-state index contributed by atoms with van der Waals surface area (Å²) in [7, 11) is 2.67. The van der Waals surface area contributed by atoms with Crippen LogP contribution in [0.3, 0.4) is 0 Å². The van der Waals surface area contributed by atoms with Gasteiger partial charge in [0.25, 0.3) is 0 Å². The van der Waals surface area contributed by atoms with Crippen molar-refractivity contribution in [2.45, 2.75) is 56.8 Å². The Labute approximate surface area is 186 Å². The summed E-state index contributed by atoms with van der Waals surface area (Å²) in [6.07, 6.45) is 2.92. The van der Waals surface area contributed by atoms with E-state index in [0.29, 0.717) is 19.8 Å². The van der Waals surface area contributed by atoms with Gasteiger partial charge in [0.1, 0.15) is 0 Å². The van der Waals surface area contributed by atoms with E-state index in [1.165, 1.54) is 4.70 Å². The van der Waals surface area contributed by atoms with Crippen LogP contribution in [0.1, 0.15) is 47.0 Å². The van der Waals surface area contributed by atoms with Crippen molar-refractivity contribution in [1.29, 1.82) is 0 Å². The first-order valence-electron chi connectivity index (χ1n) is 9.88. The molecule has 0 aliphatic carbocycles. The zero-order valence-electron chi connectivity index (χ0n) is 17.1. The number of fused-ring (bicyclic) bond motifs is 1. The normalized spacial score (nSPS) is 13.3. The maximum absolute atomic E-state index is 6.25. The van der Waals surface area contributed by atoms with Gasteiger partial charge >= 0.3 is 8.80 Å². The molecule has 0 bridgehead atoms. The van der Waals surface area contributed by atoms with Crippen molar-refractivity contribution in [2.75, 3.05) is 25.6 Å². The first-order valence-corrected chi connectivity index (χ1v) is 16.2. The van der Waals surface area contributed by atoms with Crippen molar-refractivity contribution in [3.8, 4) is 0 Å². The van der Waals surface area contributed by atoms with Crippen molar-refractivity contribution < 1.29 is 13.3 Å². The van der Waals surface area contributed by atoms with E-state index in [-0.39, 0.29) is 5.54 Å². The number of nitrogens with zero attached hydrogens (tertiary/aromatic N) is 1. The van der Waals surface area contributed by atoms with Crippen molar-refractivity contribution in [1.82, 2.24) is 4.98 Å². The highest BCUT2D eigenvalue weighted by Crippen LogP contribution is 2.45. The minimum atomic E-state index is -2.67. The zero-order valence-corrected chi connectivity index (χ0v) is 21.4. The second kappa shape index (κ2) is 13.5. The quantitative estimate of drug-likeness (QED) is 0.151. The van der Waals surface area contributed by atoms with Crippen LogP contribution in [0.15, 0.2) is 28.6 Å². The molecule has 2 rings (SSSR count). The highest BCUT2D eigenvalue weighted by molar-refractivity contribution is 9.09.